The predicted octanol–water partition coefficient (Wildman–Crippen LogP) is 2.85. The lowest BCUT2D eigenvalue weighted by molar-refractivity contribution is 0.394. The molecule has 1 aliphatic rings. The highest BCUT2D eigenvalue weighted by atomic mass is 15.3. The molecule has 0 radical (unpaired) electrons. The fourth-order valence-corrected chi connectivity index (χ4v) is 3.16. The lowest BCUT2D eigenvalue weighted by Crippen LogP contribution is -2.15. The minimum absolute atomic E-state index is 0.785. The van der Waals surface area contributed by atoms with Crippen molar-refractivity contribution in [3.05, 3.63) is 36.2 Å². The van der Waals surface area contributed by atoms with Gasteiger partial charge in [-0.1, -0.05) is 13.0 Å². The maximum Gasteiger partial charge on any atom is 0.0883 e. The summed E-state index contributed by atoms with van der Waals surface area (Å²) in [6.45, 7) is 5.55. The molecule has 2 aromatic rings. The molecule has 0 aromatic carbocycles. The van der Waals surface area contributed by atoms with Gasteiger partial charge >= 0.3 is 0 Å². The predicted molar refractivity (Wildman–Crippen MR) is 85.1 cm³/mol. The summed E-state index contributed by atoms with van der Waals surface area (Å²) < 4.78 is 2.04. The zero-order valence-corrected chi connectivity index (χ0v) is 13.0. The first-order chi connectivity index (χ1) is 10.3. The van der Waals surface area contributed by atoms with E-state index in [0.717, 1.165) is 36.7 Å². The fourth-order valence-electron chi connectivity index (χ4n) is 3.16. The molecule has 0 aliphatic carbocycles. The van der Waals surface area contributed by atoms with E-state index >= 15 is 0 Å². The molecule has 112 valence electrons. The van der Waals surface area contributed by atoms with Gasteiger partial charge in [-0.3, -0.25) is 9.67 Å². The van der Waals surface area contributed by atoms with Crippen LogP contribution in [0, 0.1) is 5.92 Å². The number of aromatic nitrogens is 3. The molecule has 2 aromatic heterocycles. The minimum atomic E-state index is 0.785. The van der Waals surface area contributed by atoms with Crippen molar-refractivity contribution in [3.63, 3.8) is 0 Å². The van der Waals surface area contributed by atoms with E-state index in [1.54, 1.807) is 0 Å². The van der Waals surface area contributed by atoms with Crippen molar-refractivity contribution in [1.29, 1.82) is 0 Å². The molecule has 0 spiro atoms. The Hall–Kier alpha value is -1.68. The van der Waals surface area contributed by atoms with Crippen LogP contribution in [-0.2, 0) is 13.0 Å². The van der Waals surface area contributed by atoms with Crippen molar-refractivity contribution in [2.45, 2.75) is 32.7 Å². The second-order valence-corrected chi connectivity index (χ2v) is 6.11. The van der Waals surface area contributed by atoms with Crippen LogP contribution in [0.5, 0.6) is 0 Å². The molecular formula is C17H24N4. The Morgan fingerprint density at radius 1 is 1.29 bits per heavy atom. The smallest absolute Gasteiger partial charge is 0.0883 e. The SMILES string of the molecule is CCCn1nccc1-c1ccc(CC2CCN(C)C2)cn1. The number of rotatable bonds is 5. The van der Waals surface area contributed by atoms with Crippen LogP contribution >= 0.6 is 0 Å². The van der Waals surface area contributed by atoms with Crippen molar-refractivity contribution in [1.82, 2.24) is 19.7 Å². The van der Waals surface area contributed by atoms with Gasteiger partial charge in [0.05, 0.1) is 11.4 Å². The topological polar surface area (TPSA) is 34.0 Å². The van der Waals surface area contributed by atoms with Crippen molar-refractivity contribution in [2.24, 2.45) is 5.92 Å². The number of nitrogens with zero attached hydrogens (tertiary/aromatic N) is 4. The molecule has 4 heteroatoms. The third kappa shape index (κ3) is 3.32. The Balaban J connectivity index is 1.70. The largest absolute Gasteiger partial charge is 0.306 e. The Labute approximate surface area is 126 Å². The van der Waals surface area contributed by atoms with E-state index in [9.17, 15) is 0 Å². The van der Waals surface area contributed by atoms with E-state index in [-0.39, 0.29) is 0 Å². The monoisotopic (exact) mass is 284 g/mol. The van der Waals surface area contributed by atoms with Crippen LogP contribution in [0.1, 0.15) is 25.3 Å². The first-order valence-electron chi connectivity index (χ1n) is 7.92. The van der Waals surface area contributed by atoms with Crippen LogP contribution < -0.4 is 0 Å². The normalized spacial score (nSPS) is 19.2. The molecule has 0 N–H and O–H groups in total. The summed E-state index contributed by atoms with van der Waals surface area (Å²) in [6.07, 6.45) is 7.43. The minimum Gasteiger partial charge on any atom is -0.306 e. The molecule has 0 saturated carbocycles. The van der Waals surface area contributed by atoms with Gasteiger partial charge in [0.2, 0.25) is 0 Å². The van der Waals surface area contributed by atoms with Crippen LogP contribution in [0.25, 0.3) is 11.4 Å². The Kier molecular flexibility index (Phi) is 4.34. The Morgan fingerprint density at radius 2 is 2.19 bits per heavy atom. The van der Waals surface area contributed by atoms with Crippen molar-refractivity contribution >= 4 is 0 Å². The fraction of sp³-hybridized carbons (Fsp3) is 0.529. The molecule has 1 unspecified atom stereocenters. The quantitative estimate of drug-likeness (QED) is 0.846. The molecule has 1 aliphatic heterocycles. The van der Waals surface area contributed by atoms with E-state index in [4.69, 9.17) is 0 Å². The van der Waals surface area contributed by atoms with Gasteiger partial charge in [0.15, 0.2) is 0 Å². The van der Waals surface area contributed by atoms with E-state index in [1.165, 1.54) is 25.1 Å². The van der Waals surface area contributed by atoms with Crippen LogP contribution in [-0.4, -0.2) is 39.8 Å². The maximum absolute atomic E-state index is 4.65. The van der Waals surface area contributed by atoms with Crippen molar-refractivity contribution in [2.75, 3.05) is 20.1 Å². The van der Waals surface area contributed by atoms with E-state index in [2.05, 4.69) is 41.1 Å². The number of hydrogen-bond acceptors (Lipinski definition) is 3. The number of pyridine rings is 1. The van der Waals surface area contributed by atoms with Gasteiger partial charge in [-0.25, -0.2) is 0 Å². The zero-order valence-electron chi connectivity index (χ0n) is 13.0. The lowest BCUT2D eigenvalue weighted by atomic mass is 10.00. The van der Waals surface area contributed by atoms with Gasteiger partial charge in [-0.2, -0.15) is 5.10 Å². The number of hydrogen-bond donors (Lipinski definition) is 0. The summed E-state index contributed by atoms with van der Waals surface area (Å²) in [7, 11) is 2.20. The number of likely N-dealkylation sites (tertiary alicyclic amines) is 1. The molecule has 1 atom stereocenters. The lowest BCUT2D eigenvalue weighted by Gasteiger charge is -2.11. The second-order valence-electron chi connectivity index (χ2n) is 6.11. The van der Waals surface area contributed by atoms with Gasteiger partial charge in [0.25, 0.3) is 0 Å². The molecule has 3 rings (SSSR count). The summed E-state index contributed by atoms with van der Waals surface area (Å²) in [6, 6.07) is 6.41. The number of aryl methyl sites for hydroxylation is 1. The van der Waals surface area contributed by atoms with E-state index in [0.29, 0.717) is 0 Å². The summed E-state index contributed by atoms with van der Waals surface area (Å²) in [4.78, 5) is 7.06. The average Bonchev–Trinajstić information content (AvgIpc) is 3.10. The molecule has 0 amide bonds. The summed E-state index contributed by atoms with van der Waals surface area (Å²) in [5, 5.41) is 4.37. The molecule has 21 heavy (non-hydrogen) atoms. The van der Waals surface area contributed by atoms with Gasteiger partial charge in [0.1, 0.15) is 0 Å². The first kappa shape index (κ1) is 14.3. The molecule has 1 fully saturated rings. The zero-order chi connectivity index (χ0) is 14.7. The summed E-state index contributed by atoms with van der Waals surface area (Å²) in [5.41, 5.74) is 3.48. The highest BCUT2D eigenvalue weighted by Gasteiger charge is 2.19. The molecule has 3 heterocycles. The van der Waals surface area contributed by atoms with E-state index < -0.39 is 0 Å². The van der Waals surface area contributed by atoms with E-state index in [1.807, 2.05) is 23.1 Å². The summed E-state index contributed by atoms with van der Waals surface area (Å²) in [5.74, 6) is 0.785. The van der Waals surface area contributed by atoms with Gasteiger partial charge in [-0.05, 0) is 56.5 Å². The van der Waals surface area contributed by atoms with Crippen LogP contribution in [0.3, 0.4) is 0 Å². The Bertz CT molecular complexity index is 573. The maximum atomic E-state index is 4.65. The highest BCUT2D eigenvalue weighted by molar-refractivity contribution is 5.54. The Morgan fingerprint density at radius 3 is 2.86 bits per heavy atom. The second kappa shape index (κ2) is 6.39. The third-order valence-electron chi connectivity index (χ3n) is 4.25. The third-order valence-corrected chi connectivity index (χ3v) is 4.25. The molecule has 0 bridgehead atoms. The average molecular weight is 284 g/mol. The standard InChI is InChI=1S/C17H24N4/c1-3-9-21-17(6-8-19-21)16-5-4-14(12-18-16)11-15-7-10-20(2)13-15/h4-6,8,12,15H,3,7,9-11,13H2,1-2H3. The summed E-state index contributed by atoms with van der Waals surface area (Å²) >= 11 is 0. The van der Waals surface area contributed by atoms with Gasteiger partial charge < -0.3 is 4.90 Å². The van der Waals surface area contributed by atoms with Crippen LogP contribution in [0.2, 0.25) is 0 Å². The van der Waals surface area contributed by atoms with Crippen LogP contribution in [0.15, 0.2) is 30.6 Å². The van der Waals surface area contributed by atoms with Gasteiger partial charge in [-0.15, -0.1) is 0 Å². The van der Waals surface area contributed by atoms with Crippen molar-refractivity contribution in [3.8, 4) is 11.4 Å². The molecule has 1 saturated heterocycles. The van der Waals surface area contributed by atoms with Crippen molar-refractivity contribution < 1.29 is 0 Å². The molecular weight excluding hydrogens is 260 g/mol. The van der Waals surface area contributed by atoms with Gasteiger partial charge in [0, 0.05) is 25.5 Å². The van der Waals surface area contributed by atoms with Crippen LogP contribution in [0.4, 0.5) is 0 Å². The molecule has 4 nitrogen and oxygen atoms in total. The first-order valence-corrected chi connectivity index (χ1v) is 7.92. The highest BCUT2D eigenvalue weighted by Crippen LogP contribution is 2.21.